The van der Waals surface area contributed by atoms with E-state index in [9.17, 15) is 0 Å². The number of rotatable bonds is 5. The highest BCUT2D eigenvalue weighted by atomic mass is 79.9. The number of halogens is 1. The van der Waals surface area contributed by atoms with Gasteiger partial charge in [-0.25, -0.2) is 0 Å². The molecule has 0 radical (unpaired) electrons. The van der Waals surface area contributed by atoms with E-state index >= 15 is 0 Å². The molecule has 2 nitrogen and oxygen atoms in total. The van der Waals surface area contributed by atoms with Crippen molar-refractivity contribution in [2.75, 3.05) is 19.7 Å². The quantitative estimate of drug-likeness (QED) is 0.803. The Morgan fingerprint density at radius 2 is 2.00 bits per heavy atom. The summed E-state index contributed by atoms with van der Waals surface area (Å²) >= 11 is 3.37. The van der Waals surface area contributed by atoms with Crippen LogP contribution in [0.25, 0.3) is 0 Å². The Balaban J connectivity index is 2.25. The fourth-order valence-electron chi connectivity index (χ4n) is 0.949. The minimum Gasteiger partial charge on any atom is -0.492 e. The molecule has 1 aromatic rings. The lowest BCUT2D eigenvalue weighted by atomic mass is 10.3. The molecule has 0 aliphatic heterocycles. The number of benzene rings is 1. The summed E-state index contributed by atoms with van der Waals surface area (Å²) in [6.07, 6.45) is 0. The van der Waals surface area contributed by atoms with Crippen LogP contribution in [0.15, 0.2) is 28.7 Å². The second-order valence-corrected chi connectivity index (χ2v) is 3.57. The van der Waals surface area contributed by atoms with Crippen LogP contribution in [-0.2, 0) is 0 Å². The van der Waals surface area contributed by atoms with Gasteiger partial charge in [-0.2, -0.15) is 0 Å². The van der Waals surface area contributed by atoms with E-state index in [1.807, 2.05) is 24.3 Å². The van der Waals surface area contributed by atoms with Crippen molar-refractivity contribution in [2.45, 2.75) is 6.92 Å². The molecule has 1 rings (SSSR count). The van der Waals surface area contributed by atoms with Crippen molar-refractivity contribution in [1.29, 1.82) is 0 Å². The molecule has 3 heteroatoms. The molecule has 0 saturated carbocycles. The average Bonchev–Trinajstić information content (AvgIpc) is 2.15. The molecule has 1 aromatic carbocycles. The summed E-state index contributed by atoms with van der Waals surface area (Å²) in [4.78, 5) is 0. The van der Waals surface area contributed by atoms with Crippen LogP contribution in [0, 0.1) is 0 Å². The minimum atomic E-state index is 0.718. The number of ether oxygens (including phenoxy) is 1. The normalized spacial score (nSPS) is 10.0. The second-order valence-electron chi connectivity index (χ2n) is 2.66. The van der Waals surface area contributed by atoms with Crippen molar-refractivity contribution in [2.24, 2.45) is 0 Å². The zero-order chi connectivity index (χ0) is 9.52. The van der Waals surface area contributed by atoms with Gasteiger partial charge in [0, 0.05) is 11.0 Å². The van der Waals surface area contributed by atoms with Crippen molar-refractivity contribution >= 4 is 15.9 Å². The van der Waals surface area contributed by atoms with Crippen LogP contribution in [0.4, 0.5) is 0 Å². The number of hydrogen-bond donors (Lipinski definition) is 1. The molecule has 0 saturated heterocycles. The van der Waals surface area contributed by atoms with E-state index in [2.05, 4.69) is 28.2 Å². The lowest BCUT2D eigenvalue weighted by Crippen LogP contribution is -2.20. The Morgan fingerprint density at radius 1 is 1.31 bits per heavy atom. The molecular weight excluding hydrogens is 230 g/mol. The molecule has 13 heavy (non-hydrogen) atoms. The summed E-state index contributed by atoms with van der Waals surface area (Å²) < 4.78 is 6.56. The summed E-state index contributed by atoms with van der Waals surface area (Å²) in [7, 11) is 0. The van der Waals surface area contributed by atoms with E-state index in [1.54, 1.807) is 0 Å². The lowest BCUT2D eigenvalue weighted by molar-refractivity contribution is 0.315. The van der Waals surface area contributed by atoms with Crippen molar-refractivity contribution < 1.29 is 4.74 Å². The molecular formula is C10H14BrNO. The van der Waals surface area contributed by atoms with Gasteiger partial charge in [-0.1, -0.05) is 22.9 Å². The molecule has 0 aliphatic carbocycles. The number of likely N-dealkylation sites (N-methyl/N-ethyl adjacent to an activating group) is 1. The van der Waals surface area contributed by atoms with E-state index < -0.39 is 0 Å². The SMILES string of the molecule is CCNCCOc1ccc(Br)cc1. The van der Waals surface area contributed by atoms with E-state index in [1.165, 1.54) is 0 Å². The van der Waals surface area contributed by atoms with Crippen molar-refractivity contribution in [3.8, 4) is 5.75 Å². The minimum absolute atomic E-state index is 0.718. The highest BCUT2D eigenvalue weighted by Crippen LogP contribution is 2.15. The third kappa shape index (κ3) is 4.29. The molecule has 0 bridgehead atoms. The van der Waals surface area contributed by atoms with Gasteiger partial charge in [0.1, 0.15) is 12.4 Å². The fourth-order valence-corrected chi connectivity index (χ4v) is 1.21. The first-order valence-electron chi connectivity index (χ1n) is 4.42. The van der Waals surface area contributed by atoms with Crippen LogP contribution in [0.5, 0.6) is 5.75 Å². The Hall–Kier alpha value is -0.540. The Labute approximate surface area is 87.4 Å². The smallest absolute Gasteiger partial charge is 0.119 e. The van der Waals surface area contributed by atoms with Crippen LogP contribution >= 0.6 is 15.9 Å². The standard InChI is InChI=1S/C10H14BrNO/c1-2-12-7-8-13-10-5-3-9(11)4-6-10/h3-6,12H,2,7-8H2,1H3. The maximum absolute atomic E-state index is 5.48. The van der Waals surface area contributed by atoms with Gasteiger partial charge in [0.05, 0.1) is 0 Å². The molecule has 0 amide bonds. The van der Waals surface area contributed by atoms with Gasteiger partial charge in [0.25, 0.3) is 0 Å². The Kier molecular flexibility index (Phi) is 4.86. The Bertz CT molecular complexity index is 235. The van der Waals surface area contributed by atoms with E-state index in [0.29, 0.717) is 0 Å². The van der Waals surface area contributed by atoms with Crippen molar-refractivity contribution in [3.63, 3.8) is 0 Å². The first kappa shape index (κ1) is 10.5. The third-order valence-electron chi connectivity index (χ3n) is 1.61. The van der Waals surface area contributed by atoms with E-state index in [-0.39, 0.29) is 0 Å². The molecule has 0 heterocycles. The van der Waals surface area contributed by atoms with Gasteiger partial charge in [-0.15, -0.1) is 0 Å². The predicted octanol–water partition coefficient (Wildman–Crippen LogP) is 2.44. The molecule has 0 aromatic heterocycles. The van der Waals surface area contributed by atoms with Gasteiger partial charge in [-0.3, -0.25) is 0 Å². The van der Waals surface area contributed by atoms with Gasteiger partial charge >= 0.3 is 0 Å². The van der Waals surface area contributed by atoms with Crippen molar-refractivity contribution in [3.05, 3.63) is 28.7 Å². The molecule has 0 spiro atoms. The molecule has 1 N–H and O–H groups in total. The molecule has 0 unspecified atom stereocenters. The summed E-state index contributed by atoms with van der Waals surface area (Å²) in [6, 6.07) is 7.86. The second kappa shape index (κ2) is 6.00. The largest absolute Gasteiger partial charge is 0.492 e. The summed E-state index contributed by atoms with van der Waals surface area (Å²) in [5, 5.41) is 3.20. The van der Waals surface area contributed by atoms with Crippen LogP contribution in [0.1, 0.15) is 6.92 Å². The first-order chi connectivity index (χ1) is 6.33. The topological polar surface area (TPSA) is 21.3 Å². The molecule has 0 fully saturated rings. The number of hydrogen-bond acceptors (Lipinski definition) is 2. The van der Waals surface area contributed by atoms with Crippen LogP contribution in [0.3, 0.4) is 0 Å². The van der Waals surface area contributed by atoms with E-state index in [4.69, 9.17) is 4.74 Å². The molecule has 72 valence electrons. The zero-order valence-electron chi connectivity index (χ0n) is 7.72. The zero-order valence-corrected chi connectivity index (χ0v) is 9.30. The summed E-state index contributed by atoms with van der Waals surface area (Å²) in [5.41, 5.74) is 0. The molecule has 0 atom stereocenters. The summed E-state index contributed by atoms with van der Waals surface area (Å²) in [5.74, 6) is 0.918. The highest BCUT2D eigenvalue weighted by Gasteiger charge is 1.92. The van der Waals surface area contributed by atoms with Gasteiger partial charge < -0.3 is 10.1 Å². The lowest BCUT2D eigenvalue weighted by Gasteiger charge is -2.05. The van der Waals surface area contributed by atoms with Crippen LogP contribution in [0.2, 0.25) is 0 Å². The van der Waals surface area contributed by atoms with Gasteiger partial charge in [0.15, 0.2) is 0 Å². The van der Waals surface area contributed by atoms with Gasteiger partial charge in [-0.05, 0) is 30.8 Å². The monoisotopic (exact) mass is 243 g/mol. The van der Waals surface area contributed by atoms with Gasteiger partial charge in [0.2, 0.25) is 0 Å². The van der Waals surface area contributed by atoms with E-state index in [0.717, 1.165) is 29.9 Å². The first-order valence-corrected chi connectivity index (χ1v) is 5.21. The maximum Gasteiger partial charge on any atom is 0.119 e. The fraction of sp³-hybridized carbons (Fsp3) is 0.400. The molecule has 0 aliphatic rings. The highest BCUT2D eigenvalue weighted by molar-refractivity contribution is 9.10. The average molecular weight is 244 g/mol. The summed E-state index contributed by atoms with van der Waals surface area (Å²) in [6.45, 7) is 4.69. The van der Waals surface area contributed by atoms with Crippen LogP contribution in [-0.4, -0.2) is 19.7 Å². The third-order valence-corrected chi connectivity index (χ3v) is 2.14. The Morgan fingerprint density at radius 3 is 2.62 bits per heavy atom. The number of nitrogens with one attached hydrogen (secondary N) is 1. The van der Waals surface area contributed by atoms with Crippen molar-refractivity contribution in [1.82, 2.24) is 5.32 Å². The maximum atomic E-state index is 5.48. The van der Waals surface area contributed by atoms with Crippen LogP contribution < -0.4 is 10.1 Å². The predicted molar refractivity (Wildman–Crippen MR) is 58.2 cm³/mol.